The molecule has 0 amide bonds. The average molecular weight is 623 g/mol. The molecule has 230 valence electrons. The fourth-order valence-corrected chi connectivity index (χ4v) is 29.7. The molecule has 0 radical (unpaired) electrons. The quantitative estimate of drug-likeness (QED) is 0.0749. The zero-order chi connectivity index (χ0) is 29.3. The van der Waals surface area contributed by atoms with E-state index < -0.39 is 42.3 Å². The Balaban J connectivity index is 4.70. The highest BCUT2D eigenvalue weighted by molar-refractivity contribution is 6.90. The van der Waals surface area contributed by atoms with Gasteiger partial charge in [-0.05, 0) is 77.6 Å². The lowest BCUT2D eigenvalue weighted by atomic mass is 10.0. The zero-order valence-corrected chi connectivity index (χ0v) is 33.2. The summed E-state index contributed by atoms with van der Waals surface area (Å²) in [6.45, 7) is 27.3. The molecule has 0 aliphatic heterocycles. The maximum absolute atomic E-state index is 7.14. The van der Waals surface area contributed by atoms with Crippen LogP contribution < -0.4 is 0 Å². The van der Waals surface area contributed by atoms with E-state index in [0.717, 1.165) is 18.5 Å². The van der Waals surface area contributed by atoms with Crippen LogP contribution in [-0.4, -0.2) is 42.3 Å². The summed E-state index contributed by atoms with van der Waals surface area (Å²) in [7, 11) is -10.4. The normalized spacial score (nSPS) is 16.4. The maximum Gasteiger partial charge on any atom is 0.317 e. The monoisotopic (exact) mass is 622 g/mol. The average Bonchev–Trinajstić information content (AvgIpc) is 2.70. The number of hydrogen-bond donors (Lipinski definition) is 0. The first-order valence-corrected chi connectivity index (χ1v) is 30.9. The molecule has 2 unspecified atom stereocenters. The van der Waals surface area contributed by atoms with Gasteiger partial charge in [0, 0.05) is 0 Å². The number of hydrogen-bond acceptors (Lipinski definition) is 4. The SMILES string of the molecule is CCCCCCCCCCCCCCCC[Si](C)(O[Si](C)(C)C)O[Si](C)(CCC)O[Si](C)(C)O[Si](C)(C)C. The molecule has 0 rings (SSSR count). The summed E-state index contributed by atoms with van der Waals surface area (Å²) in [5.74, 6) is 0. The number of unbranched alkanes of at least 4 members (excludes halogenated alkanes) is 13. The van der Waals surface area contributed by atoms with E-state index in [2.05, 4.69) is 79.3 Å². The van der Waals surface area contributed by atoms with Gasteiger partial charge in [-0.15, -0.1) is 0 Å². The smallest absolute Gasteiger partial charge is 0.317 e. The van der Waals surface area contributed by atoms with Crippen molar-refractivity contribution in [2.75, 3.05) is 0 Å². The van der Waals surface area contributed by atoms with Crippen molar-refractivity contribution in [3.8, 4) is 0 Å². The third-order valence-electron chi connectivity index (χ3n) is 6.66. The highest BCUT2D eigenvalue weighted by Crippen LogP contribution is 2.32. The van der Waals surface area contributed by atoms with Crippen LogP contribution in [0.3, 0.4) is 0 Å². The molecule has 0 aliphatic carbocycles. The van der Waals surface area contributed by atoms with E-state index in [1.54, 1.807) is 0 Å². The Labute approximate surface area is 245 Å². The van der Waals surface area contributed by atoms with Gasteiger partial charge in [0.25, 0.3) is 0 Å². The molecule has 0 fully saturated rings. The lowest BCUT2D eigenvalue weighted by Gasteiger charge is -2.44. The van der Waals surface area contributed by atoms with Crippen molar-refractivity contribution in [3.05, 3.63) is 0 Å². The van der Waals surface area contributed by atoms with Gasteiger partial charge in [0.05, 0.1) is 0 Å². The molecule has 0 saturated carbocycles. The van der Waals surface area contributed by atoms with Crippen LogP contribution in [-0.2, 0) is 16.5 Å². The number of rotatable bonds is 25. The standard InChI is InChI=1S/C29H70O4Si5/c1-13-15-16-17-18-19-20-21-22-23-24-25-26-27-29-38(12,31-35(6,7)8)33-37(11,28-14-2)32-36(9,10)30-34(3,4)5/h13-29H2,1-12H3. The molecule has 9 heteroatoms. The first-order valence-electron chi connectivity index (χ1n) is 16.3. The predicted octanol–water partition coefficient (Wildman–Crippen LogP) is 11.5. The van der Waals surface area contributed by atoms with Gasteiger partial charge in [0.2, 0.25) is 0 Å². The lowest BCUT2D eigenvalue weighted by molar-refractivity contribution is 0.287. The van der Waals surface area contributed by atoms with Crippen LogP contribution in [0.1, 0.15) is 110 Å². The van der Waals surface area contributed by atoms with Crippen molar-refractivity contribution in [1.82, 2.24) is 0 Å². The second-order valence-electron chi connectivity index (χ2n) is 14.4. The van der Waals surface area contributed by atoms with Gasteiger partial charge >= 0.3 is 25.7 Å². The van der Waals surface area contributed by atoms with Gasteiger partial charge < -0.3 is 16.5 Å². The molecule has 4 nitrogen and oxygen atoms in total. The van der Waals surface area contributed by atoms with E-state index >= 15 is 0 Å². The summed E-state index contributed by atoms with van der Waals surface area (Å²) in [6.07, 6.45) is 20.5. The minimum atomic E-state index is -2.41. The van der Waals surface area contributed by atoms with E-state index in [1.165, 1.54) is 89.9 Å². The van der Waals surface area contributed by atoms with Crippen LogP contribution in [0.4, 0.5) is 0 Å². The Morgan fingerprint density at radius 3 is 1.08 bits per heavy atom. The van der Waals surface area contributed by atoms with Crippen molar-refractivity contribution in [3.63, 3.8) is 0 Å². The van der Waals surface area contributed by atoms with Crippen LogP contribution in [0.25, 0.3) is 0 Å². The van der Waals surface area contributed by atoms with Crippen LogP contribution in [0.15, 0.2) is 0 Å². The molecule has 0 saturated heterocycles. The molecule has 0 aromatic carbocycles. The Morgan fingerprint density at radius 1 is 0.342 bits per heavy atom. The lowest BCUT2D eigenvalue weighted by Crippen LogP contribution is -2.60. The summed E-state index contributed by atoms with van der Waals surface area (Å²) in [4.78, 5) is 0. The Hall–Kier alpha value is 0.924. The van der Waals surface area contributed by atoms with Gasteiger partial charge in [0.15, 0.2) is 16.6 Å². The summed E-state index contributed by atoms with van der Waals surface area (Å²) in [5.41, 5.74) is 0. The maximum atomic E-state index is 7.14. The van der Waals surface area contributed by atoms with Crippen molar-refractivity contribution >= 4 is 42.3 Å². The van der Waals surface area contributed by atoms with E-state index in [4.69, 9.17) is 16.5 Å². The third-order valence-corrected chi connectivity index (χ3v) is 25.1. The first-order chi connectivity index (χ1) is 17.4. The summed E-state index contributed by atoms with van der Waals surface area (Å²) < 4.78 is 27.5. The van der Waals surface area contributed by atoms with Gasteiger partial charge in [-0.3, -0.25) is 0 Å². The van der Waals surface area contributed by atoms with Crippen LogP contribution >= 0.6 is 0 Å². The molecule has 0 heterocycles. The molecule has 38 heavy (non-hydrogen) atoms. The molecule has 2 atom stereocenters. The molecule has 0 N–H and O–H groups in total. The third kappa shape index (κ3) is 22.6. The Kier molecular flexibility index (Phi) is 19.6. The van der Waals surface area contributed by atoms with Gasteiger partial charge in [0.1, 0.15) is 0 Å². The molecule has 0 aromatic heterocycles. The van der Waals surface area contributed by atoms with E-state index in [9.17, 15) is 0 Å². The second kappa shape index (κ2) is 19.2. The van der Waals surface area contributed by atoms with Gasteiger partial charge in [-0.2, -0.15) is 0 Å². The van der Waals surface area contributed by atoms with Gasteiger partial charge in [-0.25, -0.2) is 0 Å². The topological polar surface area (TPSA) is 36.9 Å². The van der Waals surface area contributed by atoms with Crippen LogP contribution in [0.5, 0.6) is 0 Å². The molecular weight excluding hydrogens is 553 g/mol. The zero-order valence-electron chi connectivity index (χ0n) is 28.2. The summed E-state index contributed by atoms with van der Waals surface area (Å²) >= 11 is 0. The van der Waals surface area contributed by atoms with E-state index in [1.807, 2.05) is 0 Å². The van der Waals surface area contributed by atoms with Crippen molar-refractivity contribution in [1.29, 1.82) is 0 Å². The fraction of sp³-hybridized carbons (Fsp3) is 1.00. The highest BCUT2D eigenvalue weighted by atomic mass is 28.5. The molecule has 0 aromatic rings. The predicted molar refractivity (Wildman–Crippen MR) is 182 cm³/mol. The molecular formula is C29H70O4Si5. The highest BCUT2D eigenvalue weighted by Gasteiger charge is 2.48. The Bertz CT molecular complexity index is 594. The Morgan fingerprint density at radius 2 is 0.711 bits per heavy atom. The molecule has 0 aliphatic rings. The summed E-state index contributed by atoms with van der Waals surface area (Å²) in [6, 6.07) is 2.09. The largest absolute Gasteiger partial charge is 0.437 e. The van der Waals surface area contributed by atoms with Crippen molar-refractivity contribution < 1.29 is 16.5 Å². The van der Waals surface area contributed by atoms with Crippen LogP contribution in [0, 0.1) is 0 Å². The first kappa shape index (κ1) is 38.9. The van der Waals surface area contributed by atoms with Gasteiger partial charge in [-0.1, -0.05) is 110 Å². The summed E-state index contributed by atoms with van der Waals surface area (Å²) in [5, 5.41) is 0. The minimum Gasteiger partial charge on any atom is -0.437 e. The van der Waals surface area contributed by atoms with Crippen molar-refractivity contribution in [2.24, 2.45) is 0 Å². The van der Waals surface area contributed by atoms with Crippen molar-refractivity contribution in [2.45, 2.75) is 188 Å². The van der Waals surface area contributed by atoms with E-state index in [-0.39, 0.29) is 0 Å². The molecule has 0 bridgehead atoms. The fourth-order valence-electron chi connectivity index (χ4n) is 5.72. The van der Waals surface area contributed by atoms with E-state index in [0.29, 0.717) is 0 Å². The molecule has 0 spiro atoms. The second-order valence-corrected chi connectivity index (χ2v) is 34.4. The minimum absolute atomic E-state index is 1.01. The van der Waals surface area contributed by atoms with Crippen LogP contribution in [0.2, 0.25) is 77.6 Å².